The Morgan fingerprint density at radius 3 is 2.74 bits per heavy atom. The third-order valence-corrected chi connectivity index (χ3v) is 8.11. The second-order valence-corrected chi connectivity index (χ2v) is 10.6. The van der Waals surface area contributed by atoms with Crippen LogP contribution in [-0.2, 0) is 17.8 Å². The van der Waals surface area contributed by atoms with Crippen molar-refractivity contribution in [3.63, 3.8) is 0 Å². The number of pyridine rings is 1. The van der Waals surface area contributed by atoms with Crippen molar-refractivity contribution in [1.29, 1.82) is 0 Å². The molecule has 2 fully saturated rings. The zero-order valence-electron chi connectivity index (χ0n) is 22.3. The molecule has 2 aliphatic heterocycles. The minimum atomic E-state index is -0.155. The predicted molar refractivity (Wildman–Crippen MR) is 145 cm³/mol. The number of nitrogens with one attached hydrogen (secondary N) is 1. The molecule has 1 amide bonds. The Kier molecular flexibility index (Phi) is 6.53. The summed E-state index contributed by atoms with van der Waals surface area (Å²) in [5.74, 6) is 0.0302. The molecule has 0 unspecified atom stereocenters. The lowest BCUT2D eigenvalue weighted by Gasteiger charge is -2.39. The van der Waals surface area contributed by atoms with Gasteiger partial charge in [-0.3, -0.25) is 23.9 Å². The molecule has 2 aliphatic rings. The molecule has 1 aromatic carbocycles. The Labute approximate surface area is 221 Å². The number of hydrogen-bond acceptors (Lipinski definition) is 6. The number of rotatable bonds is 5. The lowest BCUT2D eigenvalue weighted by molar-refractivity contribution is 0.0491. The molecule has 2 saturated heterocycles. The fraction of sp³-hybridized carbons (Fsp3) is 0.500. The number of H-pyrrole nitrogens is 1. The van der Waals surface area contributed by atoms with Crippen LogP contribution in [0.2, 0.25) is 0 Å². The summed E-state index contributed by atoms with van der Waals surface area (Å²) in [6, 6.07) is 6.34. The van der Waals surface area contributed by atoms with Gasteiger partial charge >= 0.3 is 0 Å². The third-order valence-electron chi connectivity index (χ3n) is 8.11. The van der Waals surface area contributed by atoms with E-state index >= 15 is 0 Å². The normalized spacial score (nSPS) is 19.6. The Bertz CT molecular complexity index is 1550. The molecule has 0 aliphatic carbocycles. The van der Waals surface area contributed by atoms with E-state index in [1.54, 1.807) is 6.20 Å². The molecule has 3 aromatic heterocycles. The molecule has 0 saturated carbocycles. The van der Waals surface area contributed by atoms with E-state index in [4.69, 9.17) is 4.74 Å². The summed E-state index contributed by atoms with van der Waals surface area (Å²) in [6.07, 6.45) is 5.36. The van der Waals surface area contributed by atoms with E-state index in [2.05, 4.69) is 40.0 Å². The van der Waals surface area contributed by atoms with Crippen LogP contribution in [0.3, 0.4) is 0 Å². The quantitative estimate of drug-likeness (QED) is 0.437. The van der Waals surface area contributed by atoms with E-state index in [1.165, 1.54) is 0 Å². The average Bonchev–Trinajstić information content (AvgIpc) is 3.58. The fourth-order valence-electron chi connectivity index (χ4n) is 5.89. The van der Waals surface area contributed by atoms with Crippen LogP contribution in [-0.4, -0.2) is 79.1 Å². The van der Waals surface area contributed by atoms with Gasteiger partial charge in [0.05, 0.1) is 34.4 Å². The maximum Gasteiger partial charge on any atom is 0.259 e. The topological polar surface area (TPSA) is 101 Å². The maximum absolute atomic E-state index is 13.8. The molecule has 5 heterocycles. The Morgan fingerprint density at radius 2 is 2.00 bits per heavy atom. The summed E-state index contributed by atoms with van der Waals surface area (Å²) < 4.78 is 9.46. The van der Waals surface area contributed by atoms with Crippen molar-refractivity contribution in [3.05, 3.63) is 57.8 Å². The molecule has 6 rings (SSSR count). The number of hydrogen-bond donors (Lipinski definition) is 1. The molecule has 1 N–H and O–H groups in total. The smallest absolute Gasteiger partial charge is 0.259 e. The molecule has 0 radical (unpaired) electrons. The number of aromatic nitrogens is 5. The molecule has 0 spiro atoms. The van der Waals surface area contributed by atoms with Crippen LogP contribution in [0, 0.1) is 6.92 Å². The number of carbonyl (C=O) groups is 1. The van der Waals surface area contributed by atoms with E-state index in [9.17, 15) is 9.59 Å². The molecular formula is C28H35N7O3. The van der Waals surface area contributed by atoms with E-state index in [0.717, 1.165) is 60.2 Å². The van der Waals surface area contributed by atoms with Crippen molar-refractivity contribution in [1.82, 2.24) is 34.3 Å². The van der Waals surface area contributed by atoms with E-state index in [-0.39, 0.29) is 23.6 Å². The fourth-order valence-corrected chi connectivity index (χ4v) is 5.89. The number of ether oxygens (including phenoxy) is 1. The first-order valence-electron chi connectivity index (χ1n) is 13.6. The lowest BCUT2D eigenvalue weighted by atomic mass is 10.0. The van der Waals surface area contributed by atoms with Crippen LogP contribution in [0.5, 0.6) is 0 Å². The van der Waals surface area contributed by atoms with Gasteiger partial charge in [-0.05, 0) is 57.4 Å². The Hall–Kier alpha value is -3.50. The average molecular weight is 518 g/mol. The standard InChI is InChI=1S/C28H35N7O3/c1-4-34-8-5-20(31-34)17-32-9-10-33(16-19(32)3)28(37)22-14-23-25(13-18(22)2)30-27(36)24-15-29-35(26(23)24)21-6-11-38-12-7-21/h5,8,13-15,19,21H,4,6-7,9-12,16-17H2,1-3H3,(H,30,36)/t19-/m0/s1. The number of piperazine rings is 1. The maximum atomic E-state index is 13.8. The minimum Gasteiger partial charge on any atom is -0.381 e. The molecule has 1 atom stereocenters. The van der Waals surface area contributed by atoms with Crippen molar-refractivity contribution in [2.75, 3.05) is 32.8 Å². The van der Waals surface area contributed by atoms with Crippen LogP contribution in [0.1, 0.15) is 54.3 Å². The van der Waals surface area contributed by atoms with Gasteiger partial charge in [0.1, 0.15) is 0 Å². The second-order valence-electron chi connectivity index (χ2n) is 10.6. The summed E-state index contributed by atoms with van der Waals surface area (Å²) >= 11 is 0. The van der Waals surface area contributed by atoms with E-state index in [1.807, 2.05) is 39.5 Å². The van der Waals surface area contributed by atoms with Crippen molar-refractivity contribution >= 4 is 27.7 Å². The summed E-state index contributed by atoms with van der Waals surface area (Å²) in [6.45, 7) is 11.3. The van der Waals surface area contributed by atoms with Crippen molar-refractivity contribution in [2.45, 2.75) is 58.8 Å². The highest BCUT2D eigenvalue weighted by atomic mass is 16.5. The van der Waals surface area contributed by atoms with Crippen LogP contribution >= 0.6 is 0 Å². The van der Waals surface area contributed by atoms with Gasteiger partial charge in [0.15, 0.2) is 0 Å². The first kappa shape index (κ1) is 24.8. The van der Waals surface area contributed by atoms with Crippen molar-refractivity contribution in [3.8, 4) is 0 Å². The number of fused-ring (bicyclic) bond motifs is 3. The second kappa shape index (κ2) is 9.99. The van der Waals surface area contributed by atoms with Gasteiger partial charge in [-0.1, -0.05) is 0 Å². The van der Waals surface area contributed by atoms with E-state index in [0.29, 0.717) is 37.3 Å². The third kappa shape index (κ3) is 4.41. The largest absolute Gasteiger partial charge is 0.381 e. The predicted octanol–water partition coefficient (Wildman–Crippen LogP) is 3.10. The number of carbonyl (C=O) groups excluding carboxylic acids is 1. The van der Waals surface area contributed by atoms with Crippen molar-refractivity contribution < 1.29 is 9.53 Å². The molecule has 10 heteroatoms. The Balaban J connectivity index is 1.29. The van der Waals surface area contributed by atoms with Gasteiger partial charge in [0, 0.05) is 69.1 Å². The minimum absolute atomic E-state index is 0.0302. The summed E-state index contributed by atoms with van der Waals surface area (Å²) in [4.78, 5) is 34.0. The summed E-state index contributed by atoms with van der Waals surface area (Å²) in [7, 11) is 0. The van der Waals surface area contributed by atoms with Crippen LogP contribution < -0.4 is 5.56 Å². The van der Waals surface area contributed by atoms with Gasteiger partial charge in [-0.2, -0.15) is 10.2 Å². The highest BCUT2D eigenvalue weighted by Gasteiger charge is 2.29. The molecule has 200 valence electrons. The SMILES string of the molecule is CCn1ccc(CN2CCN(C(=O)c3cc4c(cc3C)[nH]c(=O)c3cnn(C5CCOCC5)c34)C[C@@H]2C)n1. The number of amides is 1. The molecular weight excluding hydrogens is 482 g/mol. The highest BCUT2D eigenvalue weighted by Crippen LogP contribution is 2.30. The van der Waals surface area contributed by atoms with Crippen LogP contribution in [0.4, 0.5) is 0 Å². The van der Waals surface area contributed by atoms with Gasteiger partial charge in [0.2, 0.25) is 0 Å². The summed E-state index contributed by atoms with van der Waals surface area (Å²) in [5, 5.41) is 10.6. The molecule has 38 heavy (non-hydrogen) atoms. The number of aromatic amines is 1. The zero-order valence-corrected chi connectivity index (χ0v) is 22.3. The highest BCUT2D eigenvalue weighted by molar-refractivity contribution is 6.07. The van der Waals surface area contributed by atoms with Gasteiger partial charge in [-0.15, -0.1) is 0 Å². The molecule has 4 aromatic rings. The zero-order chi connectivity index (χ0) is 26.4. The monoisotopic (exact) mass is 517 g/mol. The first-order chi connectivity index (χ1) is 18.4. The van der Waals surface area contributed by atoms with Crippen LogP contribution in [0.25, 0.3) is 21.8 Å². The summed E-state index contributed by atoms with van der Waals surface area (Å²) in [5.41, 5.74) is 3.97. The number of benzene rings is 1. The van der Waals surface area contributed by atoms with Crippen LogP contribution in [0.15, 0.2) is 35.4 Å². The van der Waals surface area contributed by atoms with Gasteiger partial charge in [-0.25, -0.2) is 0 Å². The van der Waals surface area contributed by atoms with Crippen molar-refractivity contribution in [2.24, 2.45) is 0 Å². The lowest BCUT2D eigenvalue weighted by Crippen LogP contribution is -2.53. The molecule has 0 bridgehead atoms. The first-order valence-corrected chi connectivity index (χ1v) is 13.6. The number of nitrogens with zero attached hydrogens (tertiary/aromatic N) is 6. The van der Waals surface area contributed by atoms with Gasteiger partial charge in [0.25, 0.3) is 11.5 Å². The van der Waals surface area contributed by atoms with E-state index < -0.39 is 0 Å². The van der Waals surface area contributed by atoms with Gasteiger partial charge < -0.3 is 14.6 Å². The number of aryl methyl sites for hydroxylation is 2. The molecule has 10 nitrogen and oxygen atoms in total. The Morgan fingerprint density at radius 1 is 1.18 bits per heavy atom.